The molecule has 2 aliphatic rings. The Morgan fingerprint density at radius 2 is 1.48 bits per heavy atom. The number of carboxylic acid groups (broad SMARTS) is 2. The largest absolute Gasteiger partial charge is 0.481 e. The van der Waals surface area contributed by atoms with Crippen LogP contribution in [0.1, 0.15) is 103 Å². The lowest BCUT2D eigenvalue weighted by atomic mass is 9.86. The zero-order valence-electron chi connectivity index (χ0n) is 24.2. The van der Waals surface area contributed by atoms with E-state index in [0.717, 1.165) is 70.9 Å². The monoisotopic (exact) mass is 566 g/mol. The third-order valence-electron chi connectivity index (χ3n) is 8.41. The molecule has 0 aromatic carbocycles. The molecule has 40 heavy (non-hydrogen) atoms. The van der Waals surface area contributed by atoms with Gasteiger partial charge < -0.3 is 26.2 Å². The van der Waals surface area contributed by atoms with Gasteiger partial charge in [0.25, 0.3) is 0 Å². The van der Waals surface area contributed by atoms with Crippen molar-refractivity contribution in [2.75, 3.05) is 26.2 Å². The fourth-order valence-electron chi connectivity index (χ4n) is 5.98. The predicted molar refractivity (Wildman–Crippen MR) is 150 cm³/mol. The number of carboxylic acids is 2. The van der Waals surface area contributed by atoms with Crippen LogP contribution in [0.5, 0.6) is 0 Å². The Labute approximate surface area is 238 Å². The molecule has 5 N–H and O–H groups in total. The Hall–Kier alpha value is -2.53. The molecule has 1 heterocycles. The van der Waals surface area contributed by atoms with Crippen molar-refractivity contribution in [1.82, 2.24) is 15.1 Å². The minimum Gasteiger partial charge on any atom is -0.481 e. The molecular weight excluding hydrogens is 516 g/mol. The van der Waals surface area contributed by atoms with E-state index in [1.807, 2.05) is 0 Å². The van der Waals surface area contributed by atoms with Gasteiger partial charge in [0, 0.05) is 13.0 Å². The zero-order valence-corrected chi connectivity index (χ0v) is 24.2. The maximum absolute atomic E-state index is 13.5. The summed E-state index contributed by atoms with van der Waals surface area (Å²) in [6, 6.07) is -3.04. The van der Waals surface area contributed by atoms with Gasteiger partial charge in [0.1, 0.15) is 12.6 Å². The SMILES string of the molecule is CCN(CC(=O)N(C(=O)C(N)CC(=O)O)C(CCC1CCCCCCC1)C(=O)O)C(=O)CCCC1CCNCC1. The molecule has 11 nitrogen and oxygen atoms in total. The third-order valence-corrected chi connectivity index (χ3v) is 8.41. The molecule has 0 bridgehead atoms. The van der Waals surface area contributed by atoms with Gasteiger partial charge in [-0.2, -0.15) is 0 Å². The van der Waals surface area contributed by atoms with Crippen LogP contribution in [0.4, 0.5) is 0 Å². The summed E-state index contributed by atoms with van der Waals surface area (Å²) in [4.78, 5) is 65.3. The van der Waals surface area contributed by atoms with Crippen LogP contribution in [0.3, 0.4) is 0 Å². The van der Waals surface area contributed by atoms with E-state index >= 15 is 0 Å². The first-order valence-electron chi connectivity index (χ1n) is 15.2. The first-order valence-corrected chi connectivity index (χ1v) is 15.2. The average molecular weight is 567 g/mol. The molecule has 11 heteroatoms. The second-order valence-corrected chi connectivity index (χ2v) is 11.4. The van der Waals surface area contributed by atoms with Crippen LogP contribution < -0.4 is 11.1 Å². The summed E-state index contributed by atoms with van der Waals surface area (Å²) < 4.78 is 0. The lowest BCUT2D eigenvalue weighted by Gasteiger charge is -2.32. The highest BCUT2D eigenvalue weighted by atomic mass is 16.4. The van der Waals surface area contributed by atoms with Crippen molar-refractivity contribution in [2.24, 2.45) is 17.6 Å². The molecule has 1 saturated heterocycles. The second kappa shape index (κ2) is 18.0. The van der Waals surface area contributed by atoms with E-state index in [9.17, 15) is 29.1 Å². The molecule has 0 spiro atoms. The van der Waals surface area contributed by atoms with Gasteiger partial charge >= 0.3 is 11.9 Å². The fraction of sp³-hybridized carbons (Fsp3) is 0.828. The smallest absolute Gasteiger partial charge is 0.326 e. The molecular formula is C29H50N4O7. The first-order chi connectivity index (χ1) is 19.1. The molecule has 0 radical (unpaired) electrons. The number of likely N-dealkylation sites (N-methyl/N-ethyl adjacent to an activating group) is 1. The minimum absolute atomic E-state index is 0.0631. The van der Waals surface area contributed by atoms with Crippen molar-refractivity contribution in [3.05, 3.63) is 0 Å². The quantitative estimate of drug-likeness (QED) is 0.233. The average Bonchev–Trinajstić information content (AvgIpc) is 2.89. The highest BCUT2D eigenvalue weighted by Gasteiger charge is 2.38. The summed E-state index contributed by atoms with van der Waals surface area (Å²) >= 11 is 0. The number of hydrogen-bond donors (Lipinski definition) is 4. The highest BCUT2D eigenvalue weighted by Crippen LogP contribution is 2.27. The number of rotatable bonds is 15. The van der Waals surface area contributed by atoms with Crippen LogP contribution in [0, 0.1) is 11.8 Å². The maximum Gasteiger partial charge on any atom is 0.326 e. The number of nitrogens with one attached hydrogen (secondary N) is 1. The Morgan fingerprint density at radius 3 is 2.05 bits per heavy atom. The third kappa shape index (κ3) is 11.5. The lowest BCUT2D eigenvalue weighted by Crippen LogP contribution is -2.57. The summed E-state index contributed by atoms with van der Waals surface area (Å²) in [6.45, 7) is 3.45. The topological polar surface area (TPSA) is 170 Å². The molecule has 228 valence electrons. The van der Waals surface area contributed by atoms with Crippen molar-refractivity contribution in [2.45, 2.75) is 115 Å². The molecule has 2 atom stereocenters. The fourth-order valence-corrected chi connectivity index (χ4v) is 5.98. The molecule has 3 amide bonds. The van der Waals surface area contributed by atoms with Crippen LogP contribution in [0.2, 0.25) is 0 Å². The molecule has 0 aromatic heterocycles. The van der Waals surface area contributed by atoms with Crippen LogP contribution >= 0.6 is 0 Å². The van der Waals surface area contributed by atoms with Crippen molar-refractivity contribution in [1.29, 1.82) is 0 Å². The molecule has 0 aromatic rings. The Bertz CT molecular complexity index is 838. The summed E-state index contributed by atoms with van der Waals surface area (Å²) in [7, 11) is 0. The summed E-state index contributed by atoms with van der Waals surface area (Å²) in [5.41, 5.74) is 5.83. The molecule has 1 aliphatic heterocycles. The van der Waals surface area contributed by atoms with Crippen LogP contribution in [0.15, 0.2) is 0 Å². The van der Waals surface area contributed by atoms with Gasteiger partial charge in [0.05, 0.1) is 12.5 Å². The van der Waals surface area contributed by atoms with Crippen molar-refractivity contribution >= 4 is 29.7 Å². The molecule has 2 unspecified atom stereocenters. The standard InChI is InChI=1S/C29H50N4O7/c1-2-32(25(34)12-8-11-22-15-17-31-18-16-22)20-26(35)33(28(38)23(30)19-27(36)37)24(29(39)40)14-13-21-9-6-4-3-5-7-10-21/h21-24,31H,2-20,30H2,1H3,(H,36,37)(H,39,40). The first kappa shape index (κ1) is 33.7. The maximum atomic E-state index is 13.5. The van der Waals surface area contributed by atoms with E-state index in [0.29, 0.717) is 29.6 Å². The number of imide groups is 1. The van der Waals surface area contributed by atoms with Crippen molar-refractivity contribution in [3.8, 4) is 0 Å². The number of amides is 3. The van der Waals surface area contributed by atoms with Gasteiger partial charge in [-0.3, -0.25) is 24.1 Å². The van der Waals surface area contributed by atoms with Crippen LogP contribution in [-0.4, -0.2) is 87.9 Å². The Morgan fingerprint density at radius 1 is 0.875 bits per heavy atom. The van der Waals surface area contributed by atoms with E-state index in [4.69, 9.17) is 10.8 Å². The van der Waals surface area contributed by atoms with Gasteiger partial charge in [0.15, 0.2) is 0 Å². The minimum atomic E-state index is -1.57. The number of aliphatic carboxylic acids is 2. The number of carbonyl (C=O) groups is 5. The van der Waals surface area contributed by atoms with E-state index in [2.05, 4.69) is 5.32 Å². The highest BCUT2D eigenvalue weighted by molar-refractivity contribution is 6.03. The van der Waals surface area contributed by atoms with Crippen molar-refractivity contribution in [3.63, 3.8) is 0 Å². The number of nitrogens with two attached hydrogens (primary N) is 1. The number of piperidine rings is 1. The number of hydrogen-bond acceptors (Lipinski definition) is 7. The molecule has 2 rings (SSSR count). The van der Waals surface area contributed by atoms with Gasteiger partial charge in [-0.15, -0.1) is 0 Å². The normalized spacial score (nSPS) is 18.6. The summed E-state index contributed by atoms with van der Waals surface area (Å²) in [5, 5.41) is 22.6. The molecule has 1 saturated carbocycles. The van der Waals surface area contributed by atoms with E-state index in [1.165, 1.54) is 11.3 Å². The summed E-state index contributed by atoms with van der Waals surface area (Å²) in [5.74, 6) is -3.90. The van der Waals surface area contributed by atoms with E-state index < -0.39 is 48.8 Å². The zero-order chi connectivity index (χ0) is 29.5. The van der Waals surface area contributed by atoms with Gasteiger partial charge in [-0.1, -0.05) is 44.9 Å². The van der Waals surface area contributed by atoms with Gasteiger partial charge in [0.2, 0.25) is 17.7 Å². The number of nitrogens with zero attached hydrogens (tertiary/aromatic N) is 2. The van der Waals surface area contributed by atoms with Crippen LogP contribution in [0.25, 0.3) is 0 Å². The van der Waals surface area contributed by atoms with Crippen molar-refractivity contribution < 1.29 is 34.2 Å². The second-order valence-electron chi connectivity index (χ2n) is 11.4. The Balaban J connectivity index is 2.12. The molecule has 1 aliphatic carbocycles. The predicted octanol–water partition coefficient (Wildman–Crippen LogP) is 2.76. The van der Waals surface area contributed by atoms with Gasteiger partial charge in [-0.05, 0) is 70.4 Å². The van der Waals surface area contributed by atoms with E-state index in [1.54, 1.807) is 6.92 Å². The summed E-state index contributed by atoms with van der Waals surface area (Å²) in [6.07, 6.45) is 11.5. The van der Waals surface area contributed by atoms with E-state index in [-0.39, 0.29) is 25.3 Å². The van der Waals surface area contributed by atoms with Crippen LogP contribution in [-0.2, 0) is 24.0 Å². The number of carbonyl (C=O) groups excluding carboxylic acids is 3. The Kier molecular flexibility index (Phi) is 15.2. The molecule has 2 fully saturated rings. The van der Waals surface area contributed by atoms with Gasteiger partial charge in [-0.25, -0.2) is 4.79 Å². The lowest BCUT2D eigenvalue weighted by molar-refractivity contribution is -0.161.